The lowest BCUT2D eigenvalue weighted by atomic mass is 10.0. The van der Waals surface area contributed by atoms with Crippen molar-refractivity contribution in [2.45, 2.75) is 13.8 Å². The van der Waals surface area contributed by atoms with Crippen molar-refractivity contribution in [1.29, 1.82) is 5.26 Å². The van der Waals surface area contributed by atoms with Gasteiger partial charge < -0.3 is 19.5 Å². The van der Waals surface area contributed by atoms with Gasteiger partial charge in [0.05, 0.1) is 27.0 Å². The van der Waals surface area contributed by atoms with Crippen molar-refractivity contribution >= 4 is 22.6 Å². The molecule has 1 aromatic heterocycles. The van der Waals surface area contributed by atoms with Gasteiger partial charge in [-0.1, -0.05) is 23.8 Å². The summed E-state index contributed by atoms with van der Waals surface area (Å²) in [4.78, 5) is 4.67. The number of hydrogen-bond donors (Lipinski definition) is 1. The molecule has 0 aliphatic carbocycles. The third kappa shape index (κ3) is 4.39. The molecule has 1 N–H and O–H groups in total. The predicted octanol–water partition coefficient (Wildman–Crippen LogP) is 5.43. The van der Waals surface area contributed by atoms with E-state index in [2.05, 4.69) is 48.4 Å². The number of anilines is 1. The summed E-state index contributed by atoms with van der Waals surface area (Å²) in [6.45, 7) is 4.13. The molecule has 0 saturated heterocycles. The normalized spacial score (nSPS) is 11.0. The first-order chi connectivity index (χ1) is 14.5. The Morgan fingerprint density at radius 3 is 2.33 bits per heavy atom. The van der Waals surface area contributed by atoms with Crippen molar-refractivity contribution < 1.29 is 14.2 Å². The number of methoxy groups -OCH3 is 3. The minimum atomic E-state index is 0.435. The molecule has 2 aromatic carbocycles. The smallest absolute Gasteiger partial charge is 0.203 e. The maximum Gasteiger partial charge on any atom is 0.203 e. The summed E-state index contributed by atoms with van der Waals surface area (Å²) >= 11 is 1.44. The van der Waals surface area contributed by atoms with Gasteiger partial charge in [-0.3, -0.25) is 0 Å². The van der Waals surface area contributed by atoms with Gasteiger partial charge in [-0.05, 0) is 19.4 Å². The van der Waals surface area contributed by atoms with Crippen LogP contribution in [0.1, 0.15) is 16.1 Å². The average Bonchev–Trinajstić information content (AvgIpc) is 3.22. The van der Waals surface area contributed by atoms with Crippen LogP contribution < -0.4 is 19.5 Å². The van der Waals surface area contributed by atoms with Crippen LogP contribution in [0.5, 0.6) is 17.2 Å². The van der Waals surface area contributed by atoms with Crippen molar-refractivity contribution in [2.75, 3.05) is 26.6 Å². The fourth-order valence-corrected chi connectivity index (χ4v) is 3.87. The van der Waals surface area contributed by atoms with Crippen LogP contribution in [-0.4, -0.2) is 26.3 Å². The molecular formula is C23H23N3O3S. The molecule has 0 fully saturated rings. The maximum atomic E-state index is 9.65. The Labute approximate surface area is 180 Å². The fraction of sp³-hybridized carbons (Fsp3) is 0.217. The molecule has 0 spiro atoms. The zero-order chi connectivity index (χ0) is 21.7. The molecule has 1 heterocycles. The number of nitrogens with one attached hydrogen (secondary N) is 1. The Balaban J connectivity index is 1.89. The molecule has 154 valence electrons. The van der Waals surface area contributed by atoms with Crippen molar-refractivity contribution in [3.8, 4) is 34.6 Å². The van der Waals surface area contributed by atoms with Gasteiger partial charge in [-0.2, -0.15) is 5.26 Å². The number of rotatable bonds is 7. The minimum absolute atomic E-state index is 0.435. The summed E-state index contributed by atoms with van der Waals surface area (Å²) < 4.78 is 16.1. The molecule has 0 aliphatic rings. The number of benzene rings is 2. The quantitative estimate of drug-likeness (QED) is 0.513. The highest BCUT2D eigenvalue weighted by atomic mass is 32.1. The molecule has 0 aliphatic heterocycles. The number of aromatic nitrogens is 1. The molecule has 0 unspecified atom stereocenters. The predicted molar refractivity (Wildman–Crippen MR) is 120 cm³/mol. The van der Waals surface area contributed by atoms with Gasteiger partial charge in [0.25, 0.3) is 0 Å². The van der Waals surface area contributed by atoms with Gasteiger partial charge in [0.15, 0.2) is 11.5 Å². The second-order valence-corrected chi connectivity index (χ2v) is 7.44. The van der Waals surface area contributed by atoms with E-state index in [9.17, 15) is 5.26 Å². The van der Waals surface area contributed by atoms with Crippen LogP contribution in [0.4, 0.5) is 5.69 Å². The second kappa shape index (κ2) is 9.33. The zero-order valence-corrected chi connectivity index (χ0v) is 18.4. The van der Waals surface area contributed by atoms with Gasteiger partial charge in [0, 0.05) is 35.0 Å². The van der Waals surface area contributed by atoms with Gasteiger partial charge in [0.1, 0.15) is 16.6 Å². The summed E-state index contributed by atoms with van der Waals surface area (Å²) in [6, 6.07) is 12.0. The number of nitrogens with zero attached hydrogens (tertiary/aromatic N) is 2. The first-order valence-electron chi connectivity index (χ1n) is 9.21. The van der Waals surface area contributed by atoms with E-state index in [1.807, 2.05) is 5.38 Å². The molecule has 6 nitrogen and oxygen atoms in total. The Bertz CT molecular complexity index is 1100. The van der Waals surface area contributed by atoms with Crippen LogP contribution in [0.2, 0.25) is 0 Å². The number of nitriles is 1. The molecule has 0 amide bonds. The molecule has 0 radical (unpaired) electrons. The summed E-state index contributed by atoms with van der Waals surface area (Å²) in [5.41, 5.74) is 5.43. The molecule has 3 rings (SSSR count). The van der Waals surface area contributed by atoms with E-state index in [-0.39, 0.29) is 0 Å². The third-order valence-electron chi connectivity index (χ3n) is 4.56. The molecular weight excluding hydrogens is 398 g/mol. The summed E-state index contributed by atoms with van der Waals surface area (Å²) in [5, 5.41) is 15.4. The van der Waals surface area contributed by atoms with E-state index < -0.39 is 0 Å². The van der Waals surface area contributed by atoms with E-state index in [4.69, 9.17) is 14.2 Å². The van der Waals surface area contributed by atoms with Crippen LogP contribution in [0.15, 0.2) is 41.9 Å². The summed E-state index contributed by atoms with van der Waals surface area (Å²) in [7, 11) is 4.67. The fourth-order valence-electron chi connectivity index (χ4n) is 3.08. The van der Waals surface area contributed by atoms with Crippen LogP contribution >= 0.6 is 11.3 Å². The summed E-state index contributed by atoms with van der Waals surface area (Å²) in [6.07, 6.45) is 1.63. The Kier molecular flexibility index (Phi) is 6.60. The first-order valence-corrected chi connectivity index (χ1v) is 10.1. The highest BCUT2D eigenvalue weighted by molar-refractivity contribution is 7.11. The maximum absolute atomic E-state index is 9.65. The molecule has 7 heteroatoms. The Morgan fingerprint density at radius 2 is 1.77 bits per heavy atom. The number of aryl methyl sites for hydroxylation is 2. The van der Waals surface area contributed by atoms with Gasteiger partial charge in [-0.25, -0.2) is 4.98 Å². The van der Waals surface area contributed by atoms with E-state index in [0.29, 0.717) is 33.5 Å². The number of thiazole rings is 1. The van der Waals surface area contributed by atoms with Crippen LogP contribution in [0, 0.1) is 25.2 Å². The Hall–Kier alpha value is -3.50. The van der Waals surface area contributed by atoms with Crippen molar-refractivity contribution in [3.05, 3.63) is 58.0 Å². The van der Waals surface area contributed by atoms with Crippen molar-refractivity contribution in [2.24, 2.45) is 0 Å². The highest BCUT2D eigenvalue weighted by Gasteiger charge is 2.14. The number of ether oxygens (including phenoxy) is 3. The SMILES string of the molecule is COc1cc(NC=C(C#N)c2nc(-c3ccc(C)cc3C)cs2)cc(OC)c1OC. The van der Waals surface area contributed by atoms with E-state index in [1.54, 1.807) is 39.7 Å². The lowest BCUT2D eigenvalue weighted by molar-refractivity contribution is 0.324. The molecule has 0 atom stereocenters. The first kappa shape index (κ1) is 21.2. The lowest BCUT2D eigenvalue weighted by Gasteiger charge is -2.14. The largest absolute Gasteiger partial charge is 0.493 e. The van der Waals surface area contributed by atoms with Crippen molar-refractivity contribution in [1.82, 2.24) is 4.98 Å². The second-order valence-electron chi connectivity index (χ2n) is 6.58. The molecule has 3 aromatic rings. The third-order valence-corrected chi connectivity index (χ3v) is 5.44. The van der Waals surface area contributed by atoms with Crippen LogP contribution in [0.25, 0.3) is 16.8 Å². The average molecular weight is 422 g/mol. The Morgan fingerprint density at radius 1 is 1.07 bits per heavy atom. The van der Waals surface area contributed by atoms with Gasteiger partial charge >= 0.3 is 0 Å². The number of allylic oxidation sites excluding steroid dienone is 1. The minimum Gasteiger partial charge on any atom is -0.493 e. The molecule has 0 saturated carbocycles. The monoisotopic (exact) mass is 421 g/mol. The highest BCUT2D eigenvalue weighted by Crippen LogP contribution is 2.40. The standard InChI is InChI=1S/C23H23N3O3S/c1-14-6-7-18(15(2)8-14)19-13-30-23(26-19)16(11-24)12-25-17-9-20(27-3)22(29-5)21(10-17)28-4/h6-10,12-13,25H,1-5H3. The van der Waals surface area contributed by atoms with E-state index >= 15 is 0 Å². The molecule has 0 bridgehead atoms. The van der Waals surface area contributed by atoms with Crippen molar-refractivity contribution in [3.63, 3.8) is 0 Å². The van der Waals surface area contributed by atoms with E-state index in [1.165, 1.54) is 16.9 Å². The van der Waals surface area contributed by atoms with Gasteiger partial charge in [0.2, 0.25) is 5.75 Å². The molecule has 30 heavy (non-hydrogen) atoms. The van der Waals surface area contributed by atoms with Gasteiger partial charge in [-0.15, -0.1) is 11.3 Å². The number of hydrogen-bond acceptors (Lipinski definition) is 7. The van der Waals surface area contributed by atoms with E-state index in [0.717, 1.165) is 16.8 Å². The zero-order valence-electron chi connectivity index (χ0n) is 17.6. The van der Waals surface area contributed by atoms with Crippen LogP contribution in [0.3, 0.4) is 0 Å². The summed E-state index contributed by atoms with van der Waals surface area (Å²) in [5.74, 6) is 1.56. The topological polar surface area (TPSA) is 76.4 Å². The van der Waals surface area contributed by atoms with Crippen LogP contribution in [-0.2, 0) is 0 Å². The lowest BCUT2D eigenvalue weighted by Crippen LogP contribution is -1.98.